The minimum absolute atomic E-state index is 0.130. The van der Waals surface area contributed by atoms with Gasteiger partial charge in [0.25, 0.3) is 0 Å². The third-order valence-electron chi connectivity index (χ3n) is 3.48. The molecule has 0 aliphatic rings. The number of sulfonamides is 1. The van der Waals surface area contributed by atoms with Gasteiger partial charge in [0.15, 0.2) is 0 Å². The lowest BCUT2D eigenvalue weighted by molar-refractivity contribution is 0.580. The maximum atomic E-state index is 12.3. The van der Waals surface area contributed by atoms with E-state index in [4.69, 9.17) is 5.73 Å². The molecule has 114 valence electrons. The molecule has 0 fully saturated rings. The zero-order valence-electron chi connectivity index (χ0n) is 12.4. The van der Waals surface area contributed by atoms with Gasteiger partial charge in [-0.2, -0.15) is 0 Å². The molecule has 2 aromatic rings. The number of nitrogens with one attached hydrogen (secondary N) is 1. The van der Waals surface area contributed by atoms with Gasteiger partial charge in [-0.05, 0) is 37.1 Å². The number of aryl methyl sites for hydroxylation is 3. The Morgan fingerprint density at radius 3 is 2.57 bits per heavy atom. The highest BCUT2D eigenvalue weighted by Gasteiger charge is 2.18. The Morgan fingerprint density at radius 1 is 1.29 bits per heavy atom. The lowest BCUT2D eigenvalue weighted by Crippen LogP contribution is -2.27. The molecule has 0 amide bonds. The van der Waals surface area contributed by atoms with Crippen molar-refractivity contribution in [2.45, 2.75) is 25.2 Å². The van der Waals surface area contributed by atoms with Gasteiger partial charge in [-0.3, -0.25) is 0 Å². The van der Waals surface area contributed by atoms with Crippen molar-refractivity contribution in [2.75, 3.05) is 12.3 Å². The van der Waals surface area contributed by atoms with Crippen LogP contribution in [0.2, 0.25) is 0 Å². The van der Waals surface area contributed by atoms with Gasteiger partial charge < -0.3 is 10.3 Å². The monoisotopic (exact) mass is 308 g/mol. The molecule has 0 aliphatic heterocycles. The molecule has 7 heteroatoms. The van der Waals surface area contributed by atoms with Gasteiger partial charge >= 0.3 is 0 Å². The van der Waals surface area contributed by atoms with Crippen LogP contribution in [0.4, 0.5) is 5.69 Å². The molecular weight excluding hydrogens is 288 g/mol. The largest absolute Gasteiger partial charge is 0.398 e. The van der Waals surface area contributed by atoms with E-state index in [0.29, 0.717) is 6.42 Å². The van der Waals surface area contributed by atoms with E-state index in [-0.39, 0.29) is 17.1 Å². The third-order valence-corrected chi connectivity index (χ3v) is 4.99. The molecule has 0 radical (unpaired) electrons. The van der Waals surface area contributed by atoms with Crippen LogP contribution < -0.4 is 10.5 Å². The maximum absolute atomic E-state index is 12.3. The Bertz CT molecular complexity index is 750. The number of hydrogen-bond donors (Lipinski definition) is 2. The first-order valence-electron chi connectivity index (χ1n) is 6.64. The van der Waals surface area contributed by atoms with Crippen LogP contribution in [0.5, 0.6) is 0 Å². The number of imidazole rings is 1. The Morgan fingerprint density at radius 2 is 1.95 bits per heavy atom. The van der Waals surface area contributed by atoms with Crippen LogP contribution in [0.25, 0.3) is 0 Å². The van der Waals surface area contributed by atoms with E-state index < -0.39 is 10.0 Å². The number of nitrogen functional groups attached to an aromatic ring is 1. The van der Waals surface area contributed by atoms with E-state index in [2.05, 4.69) is 9.71 Å². The molecule has 1 aromatic carbocycles. The van der Waals surface area contributed by atoms with Crippen molar-refractivity contribution in [1.82, 2.24) is 14.3 Å². The molecule has 0 saturated carbocycles. The van der Waals surface area contributed by atoms with Gasteiger partial charge in [0.05, 0.1) is 5.69 Å². The van der Waals surface area contributed by atoms with Crippen LogP contribution in [-0.2, 0) is 23.5 Å². The molecule has 3 N–H and O–H groups in total. The number of anilines is 1. The topological polar surface area (TPSA) is 90.0 Å². The van der Waals surface area contributed by atoms with E-state index in [9.17, 15) is 8.42 Å². The first-order valence-corrected chi connectivity index (χ1v) is 8.12. The van der Waals surface area contributed by atoms with Crippen LogP contribution >= 0.6 is 0 Å². The predicted molar refractivity (Wildman–Crippen MR) is 82.4 cm³/mol. The second kappa shape index (κ2) is 5.87. The lowest BCUT2D eigenvalue weighted by Gasteiger charge is -2.11. The first kappa shape index (κ1) is 15.5. The number of hydrogen-bond acceptors (Lipinski definition) is 4. The Hall–Kier alpha value is -1.86. The average molecular weight is 308 g/mol. The number of aromatic nitrogens is 2. The van der Waals surface area contributed by atoms with E-state index >= 15 is 0 Å². The van der Waals surface area contributed by atoms with Crippen LogP contribution in [0, 0.1) is 13.8 Å². The number of rotatable bonds is 5. The highest BCUT2D eigenvalue weighted by molar-refractivity contribution is 7.89. The SMILES string of the molecule is Cc1cc(N)c(S(=O)(=O)NCCc2nccn2C)cc1C. The fourth-order valence-electron chi connectivity index (χ4n) is 2.06. The van der Waals surface area contributed by atoms with Crippen molar-refractivity contribution >= 4 is 15.7 Å². The normalized spacial score (nSPS) is 11.8. The van der Waals surface area contributed by atoms with Crippen LogP contribution in [0.3, 0.4) is 0 Å². The van der Waals surface area contributed by atoms with Gasteiger partial charge in [-0.15, -0.1) is 0 Å². The smallest absolute Gasteiger partial charge is 0.242 e. The van der Waals surface area contributed by atoms with E-state index in [1.807, 2.05) is 31.7 Å². The first-order chi connectivity index (χ1) is 9.81. The summed E-state index contributed by atoms with van der Waals surface area (Å²) >= 11 is 0. The van der Waals surface area contributed by atoms with Gasteiger partial charge in [-0.1, -0.05) is 0 Å². The minimum atomic E-state index is -3.61. The summed E-state index contributed by atoms with van der Waals surface area (Å²) in [7, 11) is -1.74. The predicted octanol–water partition coefficient (Wildman–Crippen LogP) is 1.14. The second-order valence-electron chi connectivity index (χ2n) is 5.08. The molecule has 0 unspecified atom stereocenters. The molecule has 1 heterocycles. The number of nitrogens with zero attached hydrogens (tertiary/aromatic N) is 2. The van der Waals surface area contributed by atoms with E-state index in [1.165, 1.54) is 0 Å². The Labute approximate surface area is 125 Å². The van der Waals surface area contributed by atoms with Crippen molar-refractivity contribution in [2.24, 2.45) is 7.05 Å². The van der Waals surface area contributed by atoms with Crippen molar-refractivity contribution in [3.63, 3.8) is 0 Å². The summed E-state index contributed by atoms with van der Waals surface area (Å²) in [6.07, 6.45) is 4.03. The molecule has 0 aliphatic carbocycles. The molecular formula is C14H20N4O2S. The summed E-state index contributed by atoms with van der Waals surface area (Å²) in [5.74, 6) is 0.825. The molecule has 6 nitrogen and oxygen atoms in total. The quantitative estimate of drug-likeness (QED) is 0.811. The standard InChI is InChI=1S/C14H20N4O2S/c1-10-8-12(15)13(9-11(10)2)21(19,20)17-5-4-14-16-6-7-18(14)3/h6-9,17H,4-5,15H2,1-3H3. The molecule has 2 rings (SSSR count). The number of benzene rings is 1. The molecule has 1 aromatic heterocycles. The van der Waals surface area contributed by atoms with E-state index in [0.717, 1.165) is 17.0 Å². The fraction of sp³-hybridized carbons (Fsp3) is 0.357. The Balaban J connectivity index is 2.12. The average Bonchev–Trinajstić information content (AvgIpc) is 2.79. The van der Waals surface area contributed by atoms with Gasteiger partial charge in [0.1, 0.15) is 10.7 Å². The zero-order valence-corrected chi connectivity index (χ0v) is 13.2. The summed E-state index contributed by atoms with van der Waals surface area (Å²) in [4.78, 5) is 4.28. The van der Waals surface area contributed by atoms with Crippen LogP contribution in [0.1, 0.15) is 17.0 Å². The minimum Gasteiger partial charge on any atom is -0.398 e. The molecule has 0 saturated heterocycles. The maximum Gasteiger partial charge on any atom is 0.242 e. The van der Waals surface area contributed by atoms with Gasteiger partial charge in [0.2, 0.25) is 10.0 Å². The Kier molecular flexibility index (Phi) is 4.34. The van der Waals surface area contributed by atoms with Crippen molar-refractivity contribution in [3.05, 3.63) is 41.5 Å². The summed E-state index contributed by atoms with van der Waals surface area (Å²) < 4.78 is 29.1. The molecule has 0 atom stereocenters. The van der Waals surface area contributed by atoms with Gasteiger partial charge in [-0.25, -0.2) is 18.1 Å². The summed E-state index contributed by atoms with van der Waals surface area (Å²) in [5.41, 5.74) is 7.97. The zero-order chi connectivity index (χ0) is 15.6. The van der Waals surface area contributed by atoms with Crippen LogP contribution in [-0.4, -0.2) is 24.5 Å². The highest BCUT2D eigenvalue weighted by Crippen LogP contribution is 2.22. The summed E-state index contributed by atoms with van der Waals surface area (Å²) in [6.45, 7) is 4.04. The molecule has 0 spiro atoms. The second-order valence-corrected chi connectivity index (χ2v) is 6.81. The van der Waals surface area contributed by atoms with Crippen LogP contribution in [0.15, 0.2) is 29.4 Å². The molecule has 21 heavy (non-hydrogen) atoms. The van der Waals surface area contributed by atoms with E-state index in [1.54, 1.807) is 18.3 Å². The highest BCUT2D eigenvalue weighted by atomic mass is 32.2. The van der Waals surface area contributed by atoms with Gasteiger partial charge in [0, 0.05) is 32.4 Å². The third kappa shape index (κ3) is 3.43. The van der Waals surface area contributed by atoms with Crippen molar-refractivity contribution in [1.29, 1.82) is 0 Å². The summed E-state index contributed by atoms with van der Waals surface area (Å²) in [5, 5.41) is 0. The molecule has 0 bridgehead atoms. The van der Waals surface area contributed by atoms with Crippen molar-refractivity contribution in [3.8, 4) is 0 Å². The lowest BCUT2D eigenvalue weighted by atomic mass is 10.1. The number of nitrogens with two attached hydrogens (primary N) is 1. The summed E-state index contributed by atoms with van der Waals surface area (Å²) in [6, 6.07) is 3.29. The fourth-order valence-corrected chi connectivity index (χ4v) is 3.28. The van der Waals surface area contributed by atoms with Crippen molar-refractivity contribution < 1.29 is 8.42 Å².